The van der Waals surface area contributed by atoms with E-state index in [1.165, 1.54) is 181 Å². The second kappa shape index (κ2) is 50.9. The van der Waals surface area contributed by atoms with Crippen LogP contribution in [0, 0.1) is 110 Å². The average Bonchev–Trinajstić information content (AvgIpc) is 1.53. The molecule has 10 nitrogen and oxygen atoms in total. The van der Waals surface area contributed by atoms with Crippen LogP contribution in [0.1, 0.15) is 159 Å². The molecule has 0 radical (unpaired) electrons. The number of rotatable bonds is 6. The van der Waals surface area contributed by atoms with Crippen molar-refractivity contribution < 1.29 is 393 Å². The fourth-order valence-corrected chi connectivity index (χ4v) is 20.3. The molecule has 0 saturated carbocycles. The minimum Gasteiger partial charge on any atom is -0.554 e. The zero-order valence-corrected chi connectivity index (χ0v) is 114. The van der Waals surface area contributed by atoms with Crippen LogP contribution in [0.15, 0.2) is 322 Å². The van der Waals surface area contributed by atoms with Crippen LogP contribution in [0.4, 0.5) is 0 Å². The van der Waals surface area contributed by atoms with Crippen LogP contribution >= 0.6 is 0 Å². The molecule has 0 fully saturated rings. The van der Waals surface area contributed by atoms with Crippen LogP contribution in [-0.2, 0) is 24.6 Å². The molecular weight excluding hydrogens is 2300 g/mol. The summed E-state index contributed by atoms with van der Waals surface area (Å²) < 4.78 is 0. The fourth-order valence-electron chi connectivity index (χ4n) is 20.3. The quantitative estimate of drug-likeness (QED) is 0.114. The van der Waals surface area contributed by atoms with Gasteiger partial charge >= 0.3 is 357 Å². The monoisotopic (exact) mass is 2400 g/mol. The smallest absolute Gasteiger partial charge is 0.554 e. The summed E-state index contributed by atoms with van der Waals surface area (Å²) in [5.41, 5.74) is 32.6. The van der Waals surface area contributed by atoms with Gasteiger partial charge in [-0.2, -0.15) is 49.5 Å². The number of carbonyl (C=O) groups is 3. The molecule has 0 spiro atoms. The zero-order chi connectivity index (χ0) is 94.5. The van der Waals surface area contributed by atoms with E-state index in [1.807, 2.05) is 86.6 Å². The Bertz CT molecular complexity index is 8040. The fraction of sp³-hybridized carbons (Fsp3) is 0.138. The predicted octanol–water partition coefficient (Wildman–Crippen LogP) is 11.1. The van der Waals surface area contributed by atoms with E-state index in [-0.39, 0.29) is 374 Å². The molecule has 0 bridgehead atoms. The largest absolute Gasteiger partial charge is 1.00 e. The summed E-state index contributed by atoms with van der Waals surface area (Å²) >= 11 is 0. The minimum absolute atomic E-state index is 0. The van der Waals surface area contributed by atoms with E-state index in [4.69, 9.17) is 19.2 Å². The molecule has 0 aliphatic heterocycles. The van der Waals surface area contributed by atoms with Gasteiger partial charge in [-0.1, -0.05) is 346 Å². The van der Waals surface area contributed by atoms with Gasteiger partial charge in [0.1, 0.15) is 0 Å². The van der Waals surface area contributed by atoms with Crippen molar-refractivity contribution in [2.45, 2.75) is 115 Å². The van der Waals surface area contributed by atoms with Crippen LogP contribution in [0.2, 0.25) is 0 Å². The van der Waals surface area contributed by atoms with Crippen LogP contribution in [-0.4, -0.2) is 30.2 Å². The van der Waals surface area contributed by atoms with Crippen molar-refractivity contribution in [1.82, 2.24) is 0 Å². The number of carbonyl (C=O) groups excluding carboxylic acids is 7. The Labute approximate surface area is 1100 Å². The predicted molar refractivity (Wildman–Crippen MR) is 535 cm³/mol. The Morgan fingerprint density at radius 1 is 0.297 bits per heavy atom. The van der Waals surface area contributed by atoms with E-state index in [9.17, 15) is 29.7 Å². The van der Waals surface area contributed by atoms with Crippen molar-refractivity contribution in [3.8, 4) is 22.3 Å². The first-order chi connectivity index (χ1) is 64.0. The zero-order valence-electron chi connectivity index (χ0n) is 82.3. The van der Waals surface area contributed by atoms with Gasteiger partial charge in [-0.25, -0.2) is 0 Å². The number of aryl methyl sites for hydroxylation is 15. The second-order valence-electron chi connectivity index (χ2n) is 35.3. The van der Waals surface area contributed by atoms with Gasteiger partial charge in [-0.05, 0) is 275 Å². The Morgan fingerprint density at radius 2 is 0.696 bits per heavy atom. The van der Waals surface area contributed by atoms with Crippen molar-refractivity contribution in [2.24, 2.45) is 0 Å². The molecule has 2 atom stereocenters. The minimum atomic E-state index is -1.17. The van der Waals surface area contributed by atoms with Gasteiger partial charge in [-0.15, -0.1) is 39.2 Å². The second-order valence-corrected chi connectivity index (χ2v) is 35.3. The summed E-state index contributed by atoms with van der Waals surface area (Å²) in [6.07, 6.45) is 0.500. The van der Waals surface area contributed by atoms with Crippen LogP contribution in [0.25, 0.3) is 119 Å². The number of fused-ring (bicyclic) bond motifs is 19. The SMILES string of the molecule is Cc1cc(C)cc(C)c1.Cc1ccc2c(C)c3cc(C)ccc3cc2c1.Cc1ccc2c(C)c3ccccc3c(C)c2c1.Cc1ccc2c(c1)C(c1cc[c-]cc1)(c1ccc(C(=O)[O-])cc1)c1cc(C)c3ccccc3c1-2.Cc1ccc2c(c1)C(c1ccc(C(=O)[O-])cc1)c1cc(C)c3ccccc3c1-2.Cc1ccc2c3c4ccccc4c(C)cc3[c-](C(=O)[O-])c2c1.O=C=O.O=C=O.[Cs+].[Cs+].[Cs+].[Cs+].[Cs+]. The Hall–Kier alpha value is -5.70. The molecule has 2 unspecified atom stereocenters. The normalized spacial score (nSPS) is 12.4. The topological polar surface area (TPSA) is 189 Å². The molecule has 20 aromatic rings. The van der Waals surface area contributed by atoms with Crippen LogP contribution < -0.4 is 360 Å². The molecule has 2 aliphatic carbocycles. The first kappa shape index (κ1) is 114. The Kier molecular flexibility index (Phi) is 42.1. The van der Waals surface area contributed by atoms with Gasteiger partial charge in [-0.3, -0.25) is 0 Å². The van der Waals surface area contributed by atoms with E-state index in [2.05, 4.69) is 321 Å². The third-order valence-electron chi connectivity index (χ3n) is 26.1. The molecule has 0 amide bonds. The number of carboxylic acids is 3. The first-order valence-corrected chi connectivity index (χ1v) is 44.4. The van der Waals surface area contributed by atoms with E-state index >= 15 is 0 Å². The molecule has 0 N–H and O–H groups in total. The molecule has 20 aromatic carbocycles. The average molecular weight is 2400 g/mol. The molecular formula is C123H99Cs5O10. The maximum absolute atomic E-state index is 11.7. The van der Waals surface area contributed by atoms with Gasteiger partial charge < -0.3 is 29.7 Å². The maximum atomic E-state index is 11.7. The van der Waals surface area contributed by atoms with Gasteiger partial charge in [0.2, 0.25) is 0 Å². The van der Waals surface area contributed by atoms with Gasteiger partial charge in [0.25, 0.3) is 0 Å². The first-order valence-electron chi connectivity index (χ1n) is 44.4. The summed E-state index contributed by atoms with van der Waals surface area (Å²) in [6, 6.07) is 114. The number of benzene rings is 19. The number of hydrogen-bond acceptors (Lipinski definition) is 10. The molecule has 0 heterocycles. The van der Waals surface area contributed by atoms with Gasteiger partial charge in [0.15, 0.2) is 0 Å². The third kappa shape index (κ3) is 24.2. The number of aromatic carboxylic acids is 3. The Morgan fingerprint density at radius 3 is 1.24 bits per heavy atom. The summed E-state index contributed by atoms with van der Waals surface area (Å²) in [7, 11) is 0. The van der Waals surface area contributed by atoms with Crippen molar-refractivity contribution in [2.75, 3.05) is 0 Å². The van der Waals surface area contributed by atoms with E-state index in [0.29, 0.717) is 5.56 Å². The number of carboxylic acid groups (broad SMARTS) is 3. The van der Waals surface area contributed by atoms with E-state index in [0.717, 1.165) is 60.1 Å². The summed E-state index contributed by atoms with van der Waals surface area (Å²) in [6.45, 7) is 32.0. The third-order valence-corrected chi connectivity index (χ3v) is 26.1. The summed E-state index contributed by atoms with van der Waals surface area (Å²) in [5, 5.41) is 56.2. The molecule has 138 heavy (non-hydrogen) atoms. The van der Waals surface area contributed by atoms with E-state index in [1.54, 1.807) is 24.3 Å². The molecule has 22 rings (SSSR count). The Balaban J connectivity index is 0.000000173. The van der Waals surface area contributed by atoms with Crippen molar-refractivity contribution in [3.63, 3.8) is 0 Å². The van der Waals surface area contributed by atoms with E-state index < -0.39 is 23.3 Å². The van der Waals surface area contributed by atoms with Crippen molar-refractivity contribution >= 4 is 127 Å². The standard InChI is InChI=1S/C32H23O2.C26H20O2.C20H15O2.2C17H16.C9H12.2CO2.5Cs/c1-20-12-17-27-28(18-20)32(23-8-4-3-5-9-23,24-15-13-22(14-16-24)31(33)34)29-19-21(2)25-10-6-7-11-26(25)30(27)29;1-15-7-12-21-22(13-15)24(17-8-10-18(11-9-17)26(27)28)23-14-16(2)19-5-3-4-6-20(19)25(21)23;1-11-7-8-15-16(9-11)19(20(21)22)17-10-12(2)13-5-3-4-6-14(13)18(15)17;1-11-5-7-16-13(3)17-9-12(2)4-6-14(17)10-15(16)8-11;1-11-8-9-16-12(2)14-6-4-5-7-15(14)13(3)17(16)10-11;1-7-4-8(2)6-9(3)5-7;2*2-1-3;;;;;/h4-19H,1-2H3,(H,33,34);3-14,24H,1-2H3,(H,27,28);3-10H,1-2H3,(H,21,22);2*4-10H,1-3H3;4-6H,1-3H3;;;;;;;/q-1;;-1;;;;;;5*+1/p-3. The molecule has 0 aromatic heterocycles. The summed E-state index contributed by atoms with van der Waals surface area (Å²) in [5.74, 6) is -3.32. The molecule has 15 heteroatoms. The van der Waals surface area contributed by atoms with Gasteiger partial charge in [0, 0.05) is 17.3 Å². The van der Waals surface area contributed by atoms with Crippen molar-refractivity contribution in [3.05, 3.63) is 467 Å². The summed E-state index contributed by atoms with van der Waals surface area (Å²) in [4.78, 5) is 66.9. The molecule has 2 aliphatic rings. The van der Waals surface area contributed by atoms with Crippen LogP contribution in [0.5, 0.6) is 0 Å². The molecule has 0 saturated heterocycles. The molecule has 656 valence electrons. The van der Waals surface area contributed by atoms with Gasteiger partial charge in [0.05, 0.1) is 11.9 Å². The van der Waals surface area contributed by atoms with Crippen LogP contribution in [0.3, 0.4) is 0 Å². The van der Waals surface area contributed by atoms with Crippen molar-refractivity contribution in [1.29, 1.82) is 0 Å². The number of hydrogen-bond donors (Lipinski definition) is 0. The maximum Gasteiger partial charge on any atom is 1.00 e.